The number of ether oxygens (including phenoxy) is 1. The lowest BCUT2D eigenvalue weighted by molar-refractivity contribution is -0.123. The quantitative estimate of drug-likeness (QED) is 0.434. The van der Waals surface area contributed by atoms with E-state index in [1.807, 2.05) is 39.0 Å². The topological polar surface area (TPSA) is 79.8 Å². The maximum absolute atomic E-state index is 12.5. The summed E-state index contributed by atoms with van der Waals surface area (Å²) in [5.41, 5.74) is 3.57. The highest BCUT2D eigenvalue weighted by Gasteiger charge is 2.25. The molecule has 0 radical (unpaired) electrons. The maximum atomic E-state index is 12.5. The molecule has 1 unspecified atom stereocenters. The molecule has 1 atom stereocenters. The highest BCUT2D eigenvalue weighted by atomic mass is 79.9. The molecule has 2 aromatic rings. The summed E-state index contributed by atoms with van der Waals surface area (Å²) in [6.45, 7) is 6.15. The van der Waals surface area contributed by atoms with E-state index in [0.717, 1.165) is 15.8 Å². The van der Waals surface area contributed by atoms with Gasteiger partial charge in [0.1, 0.15) is 11.8 Å². The van der Waals surface area contributed by atoms with Gasteiger partial charge in [-0.25, -0.2) is 5.43 Å². The minimum Gasteiger partial charge on any atom is -0.493 e. The van der Waals surface area contributed by atoms with E-state index in [1.54, 1.807) is 24.3 Å². The summed E-state index contributed by atoms with van der Waals surface area (Å²) in [6.07, 6.45) is 1.52. The van der Waals surface area contributed by atoms with Crippen LogP contribution in [0, 0.1) is 5.92 Å². The fraction of sp³-hybridized carbons (Fsp3) is 0.286. The van der Waals surface area contributed by atoms with Gasteiger partial charge in [0, 0.05) is 0 Å². The van der Waals surface area contributed by atoms with Gasteiger partial charge in [0.2, 0.25) is 0 Å². The van der Waals surface area contributed by atoms with Crippen molar-refractivity contribution in [2.75, 3.05) is 6.61 Å². The van der Waals surface area contributed by atoms with Crippen molar-refractivity contribution in [1.29, 1.82) is 0 Å². The molecule has 0 bridgehead atoms. The average molecular weight is 481 g/mol. The molecule has 154 valence electrons. The van der Waals surface area contributed by atoms with Crippen molar-refractivity contribution >= 4 is 45.6 Å². The zero-order valence-electron chi connectivity index (χ0n) is 16.4. The van der Waals surface area contributed by atoms with Crippen LogP contribution in [0.3, 0.4) is 0 Å². The predicted molar refractivity (Wildman–Crippen MR) is 119 cm³/mol. The van der Waals surface area contributed by atoms with Crippen LogP contribution in [0.4, 0.5) is 0 Å². The molecule has 29 heavy (non-hydrogen) atoms. The number of hydrogen-bond acceptors (Lipinski definition) is 4. The highest BCUT2D eigenvalue weighted by Crippen LogP contribution is 2.25. The van der Waals surface area contributed by atoms with Gasteiger partial charge in [-0.05, 0) is 64.7 Å². The molecule has 0 saturated carbocycles. The number of rotatable bonds is 8. The van der Waals surface area contributed by atoms with Crippen LogP contribution in [0.15, 0.2) is 52.0 Å². The zero-order chi connectivity index (χ0) is 21.4. The van der Waals surface area contributed by atoms with E-state index >= 15 is 0 Å². The first-order chi connectivity index (χ1) is 13.8. The molecule has 0 spiro atoms. The van der Waals surface area contributed by atoms with E-state index in [2.05, 4.69) is 31.8 Å². The molecule has 8 heteroatoms. The van der Waals surface area contributed by atoms with Gasteiger partial charge < -0.3 is 10.1 Å². The number of nitrogens with one attached hydrogen (secondary N) is 2. The van der Waals surface area contributed by atoms with Gasteiger partial charge in [0.15, 0.2) is 0 Å². The Kier molecular flexibility index (Phi) is 8.67. The Morgan fingerprint density at radius 2 is 1.97 bits per heavy atom. The normalized spacial score (nSPS) is 12.1. The van der Waals surface area contributed by atoms with Crippen LogP contribution in [0.1, 0.15) is 36.7 Å². The van der Waals surface area contributed by atoms with Gasteiger partial charge in [-0.3, -0.25) is 9.59 Å². The average Bonchev–Trinajstić information content (AvgIpc) is 2.68. The Balaban J connectivity index is 2.02. The van der Waals surface area contributed by atoms with Crippen molar-refractivity contribution in [3.8, 4) is 5.75 Å². The van der Waals surface area contributed by atoms with Crippen molar-refractivity contribution in [1.82, 2.24) is 10.7 Å². The molecular formula is C21H23BrClN3O3. The Morgan fingerprint density at radius 1 is 1.24 bits per heavy atom. The van der Waals surface area contributed by atoms with E-state index < -0.39 is 17.9 Å². The van der Waals surface area contributed by atoms with E-state index in [0.29, 0.717) is 17.2 Å². The Morgan fingerprint density at radius 3 is 2.59 bits per heavy atom. The number of carbonyl (C=O) groups is 2. The minimum atomic E-state index is -0.761. The predicted octanol–water partition coefficient (Wildman–Crippen LogP) is 4.41. The first-order valence-electron chi connectivity index (χ1n) is 9.14. The van der Waals surface area contributed by atoms with Gasteiger partial charge in [0.05, 0.1) is 27.9 Å². The first-order valence-corrected chi connectivity index (χ1v) is 10.3. The van der Waals surface area contributed by atoms with Crippen LogP contribution in [-0.4, -0.2) is 30.7 Å². The molecule has 2 aromatic carbocycles. The fourth-order valence-electron chi connectivity index (χ4n) is 2.51. The molecule has 0 aliphatic heterocycles. The number of benzene rings is 2. The standard InChI is InChI=1S/C21H23BrClN3O3/c1-4-29-18-10-9-14(11-16(18)22)12-24-26-21(28)19(13(2)3)25-20(27)15-7-5-6-8-17(15)23/h5-13,19H,4H2,1-3H3,(H,25,27)(H,26,28). The largest absolute Gasteiger partial charge is 0.493 e. The highest BCUT2D eigenvalue weighted by molar-refractivity contribution is 9.10. The van der Waals surface area contributed by atoms with Crippen LogP contribution in [0.2, 0.25) is 5.02 Å². The maximum Gasteiger partial charge on any atom is 0.262 e. The number of carbonyl (C=O) groups excluding carboxylic acids is 2. The van der Waals surface area contributed by atoms with Gasteiger partial charge >= 0.3 is 0 Å². The van der Waals surface area contributed by atoms with Crippen LogP contribution in [0.5, 0.6) is 5.75 Å². The molecule has 2 amide bonds. The number of halogens is 2. The second-order valence-electron chi connectivity index (χ2n) is 6.53. The Bertz CT molecular complexity index is 902. The lowest BCUT2D eigenvalue weighted by atomic mass is 10.0. The van der Waals surface area contributed by atoms with E-state index in [1.165, 1.54) is 6.21 Å². The van der Waals surface area contributed by atoms with Gasteiger partial charge in [0.25, 0.3) is 11.8 Å². The molecule has 6 nitrogen and oxygen atoms in total. The van der Waals surface area contributed by atoms with Crippen molar-refractivity contribution in [2.24, 2.45) is 11.0 Å². The number of hydrazone groups is 1. The smallest absolute Gasteiger partial charge is 0.262 e. The van der Waals surface area contributed by atoms with Gasteiger partial charge in [-0.1, -0.05) is 37.6 Å². The molecule has 0 aromatic heterocycles. The molecule has 0 saturated heterocycles. The van der Waals surface area contributed by atoms with Crippen LogP contribution < -0.4 is 15.5 Å². The number of hydrogen-bond donors (Lipinski definition) is 2. The summed E-state index contributed by atoms with van der Waals surface area (Å²) in [7, 11) is 0. The minimum absolute atomic E-state index is 0.142. The Hall–Kier alpha value is -2.38. The Labute approximate surface area is 183 Å². The van der Waals surface area contributed by atoms with Crippen molar-refractivity contribution in [3.05, 3.63) is 63.1 Å². The summed E-state index contributed by atoms with van der Waals surface area (Å²) in [5.74, 6) is -0.238. The second kappa shape index (κ2) is 11.0. The molecule has 2 rings (SSSR count). The van der Waals surface area contributed by atoms with Crippen LogP contribution >= 0.6 is 27.5 Å². The third-order valence-corrected chi connectivity index (χ3v) is 4.95. The first kappa shape index (κ1) is 22.9. The fourth-order valence-corrected chi connectivity index (χ4v) is 3.24. The molecule has 0 aliphatic rings. The van der Waals surface area contributed by atoms with E-state index in [-0.39, 0.29) is 5.92 Å². The summed E-state index contributed by atoms with van der Waals surface area (Å²) in [4.78, 5) is 25.0. The van der Waals surface area contributed by atoms with E-state index in [9.17, 15) is 9.59 Å². The number of nitrogens with zero attached hydrogens (tertiary/aromatic N) is 1. The SMILES string of the molecule is CCOc1ccc(C=NNC(=O)C(NC(=O)c2ccccc2Cl)C(C)C)cc1Br. The summed E-state index contributed by atoms with van der Waals surface area (Å²) >= 11 is 9.49. The molecule has 2 N–H and O–H groups in total. The van der Waals surface area contributed by atoms with Crippen LogP contribution in [0.25, 0.3) is 0 Å². The van der Waals surface area contributed by atoms with E-state index in [4.69, 9.17) is 16.3 Å². The molecule has 0 fully saturated rings. The summed E-state index contributed by atoms with van der Waals surface area (Å²) < 4.78 is 6.26. The third-order valence-electron chi connectivity index (χ3n) is 4.00. The lowest BCUT2D eigenvalue weighted by Crippen LogP contribution is -2.48. The van der Waals surface area contributed by atoms with Gasteiger partial charge in [-0.2, -0.15) is 5.10 Å². The van der Waals surface area contributed by atoms with Crippen molar-refractivity contribution < 1.29 is 14.3 Å². The monoisotopic (exact) mass is 479 g/mol. The van der Waals surface area contributed by atoms with Gasteiger partial charge in [-0.15, -0.1) is 0 Å². The summed E-state index contributed by atoms with van der Waals surface area (Å²) in [5, 5.41) is 7.04. The second-order valence-corrected chi connectivity index (χ2v) is 7.79. The molecular weight excluding hydrogens is 458 g/mol. The lowest BCUT2D eigenvalue weighted by Gasteiger charge is -2.20. The molecule has 0 aliphatic carbocycles. The zero-order valence-corrected chi connectivity index (χ0v) is 18.8. The van der Waals surface area contributed by atoms with Crippen LogP contribution in [-0.2, 0) is 4.79 Å². The summed E-state index contributed by atoms with van der Waals surface area (Å²) in [6, 6.07) is 11.4. The van der Waals surface area contributed by atoms with Crippen molar-refractivity contribution in [2.45, 2.75) is 26.8 Å². The van der Waals surface area contributed by atoms with Crippen molar-refractivity contribution in [3.63, 3.8) is 0 Å². The molecule has 0 heterocycles. The number of amides is 2. The third kappa shape index (κ3) is 6.58.